The Bertz CT molecular complexity index is 674. The molecule has 2 rings (SSSR count). The van der Waals surface area contributed by atoms with Crippen LogP contribution in [-0.4, -0.2) is 25.1 Å². The molecule has 0 fully saturated rings. The number of aromatic nitrogens is 1. The zero-order valence-electron chi connectivity index (χ0n) is 14.6. The number of nitrogens with one attached hydrogen (secondary N) is 2. The lowest BCUT2D eigenvalue weighted by atomic mass is 10.1. The molecule has 0 saturated heterocycles. The summed E-state index contributed by atoms with van der Waals surface area (Å²) in [6.45, 7) is 5.34. The number of halogens is 1. The zero-order valence-corrected chi connectivity index (χ0v) is 16.9. The van der Waals surface area contributed by atoms with Gasteiger partial charge < -0.3 is 15.4 Å². The highest BCUT2D eigenvalue weighted by atomic mass is 127. The molecule has 2 N–H and O–H groups in total. The Labute approximate surface area is 161 Å². The van der Waals surface area contributed by atoms with Gasteiger partial charge in [-0.25, -0.2) is 0 Å². The van der Waals surface area contributed by atoms with E-state index in [-0.39, 0.29) is 24.0 Å². The van der Waals surface area contributed by atoms with Crippen LogP contribution in [0.15, 0.2) is 41.5 Å². The molecule has 0 atom stereocenters. The Hall–Kier alpha value is -1.83. The third kappa shape index (κ3) is 5.36. The van der Waals surface area contributed by atoms with Crippen LogP contribution in [0.2, 0.25) is 0 Å². The second kappa shape index (κ2) is 10.1. The maximum atomic E-state index is 5.44. The Balaban J connectivity index is 0.00000288. The Morgan fingerprint density at radius 2 is 1.79 bits per heavy atom. The highest BCUT2D eigenvalue weighted by Gasteiger charge is 2.09. The summed E-state index contributed by atoms with van der Waals surface area (Å²) in [7, 11) is 3.45. The molecule has 0 spiro atoms. The quantitative estimate of drug-likeness (QED) is 0.426. The van der Waals surface area contributed by atoms with E-state index in [1.165, 1.54) is 5.56 Å². The lowest BCUT2D eigenvalue weighted by Crippen LogP contribution is -2.36. The van der Waals surface area contributed by atoms with Crippen LogP contribution < -0.4 is 15.4 Å². The topological polar surface area (TPSA) is 58.5 Å². The van der Waals surface area contributed by atoms with Crippen LogP contribution in [0.1, 0.15) is 22.4 Å². The molecular formula is C18H25IN4O. The van der Waals surface area contributed by atoms with Crippen LogP contribution in [0.3, 0.4) is 0 Å². The van der Waals surface area contributed by atoms with Crippen molar-refractivity contribution in [2.45, 2.75) is 26.9 Å². The molecule has 1 aromatic heterocycles. The van der Waals surface area contributed by atoms with Crippen molar-refractivity contribution < 1.29 is 4.74 Å². The summed E-state index contributed by atoms with van der Waals surface area (Å²) >= 11 is 0. The molecule has 0 aliphatic rings. The van der Waals surface area contributed by atoms with Crippen LogP contribution in [0.25, 0.3) is 0 Å². The largest absolute Gasteiger partial charge is 0.496 e. The molecule has 5 nitrogen and oxygen atoms in total. The summed E-state index contributed by atoms with van der Waals surface area (Å²) in [5.74, 6) is 1.64. The van der Waals surface area contributed by atoms with Gasteiger partial charge in [-0.1, -0.05) is 30.3 Å². The summed E-state index contributed by atoms with van der Waals surface area (Å²) in [4.78, 5) is 8.73. The van der Waals surface area contributed by atoms with Gasteiger partial charge in [0.1, 0.15) is 5.75 Å². The van der Waals surface area contributed by atoms with Gasteiger partial charge in [-0.3, -0.25) is 9.98 Å². The predicted molar refractivity (Wildman–Crippen MR) is 109 cm³/mol. The molecule has 0 saturated carbocycles. The Kier molecular flexibility index (Phi) is 8.53. The summed E-state index contributed by atoms with van der Waals surface area (Å²) in [5, 5.41) is 6.58. The fourth-order valence-electron chi connectivity index (χ4n) is 2.42. The fourth-order valence-corrected chi connectivity index (χ4v) is 2.42. The standard InChI is InChI=1S/C18H24N4O.HI/c1-13-10-20-16(14(2)17(13)23-4)12-22-18(19-3)21-11-15-8-6-5-7-9-15;/h5-10H,11-12H2,1-4H3,(H2,19,21,22);1H. The van der Waals surface area contributed by atoms with Crippen LogP contribution in [-0.2, 0) is 13.1 Å². The van der Waals surface area contributed by atoms with E-state index < -0.39 is 0 Å². The monoisotopic (exact) mass is 440 g/mol. The summed E-state index contributed by atoms with van der Waals surface area (Å²) in [6, 6.07) is 10.2. The summed E-state index contributed by atoms with van der Waals surface area (Å²) in [5.41, 5.74) is 4.26. The van der Waals surface area contributed by atoms with Gasteiger partial charge in [0, 0.05) is 30.9 Å². The number of aryl methyl sites for hydroxylation is 1. The highest BCUT2D eigenvalue weighted by Crippen LogP contribution is 2.23. The predicted octanol–water partition coefficient (Wildman–Crippen LogP) is 3.19. The van der Waals surface area contributed by atoms with Gasteiger partial charge in [-0.05, 0) is 19.4 Å². The van der Waals surface area contributed by atoms with Crippen molar-refractivity contribution >= 4 is 29.9 Å². The van der Waals surface area contributed by atoms with E-state index in [1.807, 2.05) is 38.2 Å². The van der Waals surface area contributed by atoms with E-state index in [9.17, 15) is 0 Å². The maximum absolute atomic E-state index is 5.44. The second-order valence-electron chi connectivity index (χ2n) is 5.31. The molecule has 24 heavy (non-hydrogen) atoms. The maximum Gasteiger partial charge on any atom is 0.191 e. The number of nitrogens with zero attached hydrogens (tertiary/aromatic N) is 2. The molecule has 1 heterocycles. The number of benzene rings is 1. The molecular weight excluding hydrogens is 415 g/mol. The number of hydrogen-bond acceptors (Lipinski definition) is 3. The van der Waals surface area contributed by atoms with Crippen molar-refractivity contribution in [3.63, 3.8) is 0 Å². The number of methoxy groups -OCH3 is 1. The minimum atomic E-state index is 0. The van der Waals surface area contributed by atoms with Crippen LogP contribution >= 0.6 is 24.0 Å². The third-order valence-corrected chi connectivity index (χ3v) is 3.70. The van der Waals surface area contributed by atoms with Crippen molar-refractivity contribution in [2.75, 3.05) is 14.2 Å². The number of rotatable bonds is 5. The summed E-state index contributed by atoms with van der Waals surface area (Å²) < 4.78 is 5.44. The molecule has 6 heteroatoms. The molecule has 0 amide bonds. The van der Waals surface area contributed by atoms with Crippen molar-refractivity contribution in [3.8, 4) is 5.75 Å². The van der Waals surface area contributed by atoms with E-state index in [0.29, 0.717) is 6.54 Å². The fraction of sp³-hybridized carbons (Fsp3) is 0.333. The van der Waals surface area contributed by atoms with Gasteiger partial charge in [0.05, 0.1) is 19.3 Å². The first kappa shape index (κ1) is 20.2. The Morgan fingerprint density at radius 1 is 1.12 bits per heavy atom. The van der Waals surface area contributed by atoms with E-state index in [0.717, 1.165) is 35.1 Å². The number of pyridine rings is 1. The first-order valence-corrected chi connectivity index (χ1v) is 7.63. The van der Waals surface area contributed by atoms with Crippen LogP contribution in [0.5, 0.6) is 5.75 Å². The van der Waals surface area contributed by atoms with E-state index in [4.69, 9.17) is 4.74 Å². The zero-order chi connectivity index (χ0) is 16.7. The summed E-state index contributed by atoms with van der Waals surface area (Å²) in [6.07, 6.45) is 1.84. The van der Waals surface area contributed by atoms with Gasteiger partial charge in [-0.2, -0.15) is 0 Å². The van der Waals surface area contributed by atoms with Crippen molar-refractivity contribution in [3.05, 3.63) is 58.9 Å². The van der Waals surface area contributed by atoms with Gasteiger partial charge in [0.15, 0.2) is 5.96 Å². The van der Waals surface area contributed by atoms with E-state index >= 15 is 0 Å². The second-order valence-corrected chi connectivity index (χ2v) is 5.31. The molecule has 0 unspecified atom stereocenters. The minimum Gasteiger partial charge on any atom is -0.496 e. The lowest BCUT2D eigenvalue weighted by molar-refractivity contribution is 0.406. The van der Waals surface area contributed by atoms with Gasteiger partial charge in [0.25, 0.3) is 0 Å². The molecule has 2 aromatic rings. The van der Waals surface area contributed by atoms with Gasteiger partial charge in [0.2, 0.25) is 0 Å². The van der Waals surface area contributed by atoms with E-state index in [2.05, 4.69) is 32.7 Å². The average molecular weight is 440 g/mol. The first-order valence-electron chi connectivity index (χ1n) is 7.63. The van der Waals surface area contributed by atoms with Crippen molar-refractivity contribution in [1.82, 2.24) is 15.6 Å². The average Bonchev–Trinajstić information content (AvgIpc) is 2.58. The number of hydrogen-bond donors (Lipinski definition) is 2. The van der Waals surface area contributed by atoms with Crippen molar-refractivity contribution in [2.24, 2.45) is 4.99 Å². The molecule has 130 valence electrons. The lowest BCUT2D eigenvalue weighted by Gasteiger charge is -2.15. The molecule has 0 aliphatic carbocycles. The first-order chi connectivity index (χ1) is 11.2. The molecule has 1 aromatic carbocycles. The Morgan fingerprint density at radius 3 is 2.42 bits per heavy atom. The SMILES string of the molecule is CN=C(NCc1ccccc1)NCc1ncc(C)c(OC)c1C.I. The van der Waals surface area contributed by atoms with E-state index in [1.54, 1.807) is 14.2 Å². The smallest absolute Gasteiger partial charge is 0.191 e. The number of guanidine groups is 1. The molecule has 0 aliphatic heterocycles. The minimum absolute atomic E-state index is 0. The van der Waals surface area contributed by atoms with Crippen molar-refractivity contribution in [1.29, 1.82) is 0 Å². The normalized spacial score (nSPS) is 10.8. The third-order valence-electron chi connectivity index (χ3n) is 3.70. The molecule has 0 bridgehead atoms. The number of aliphatic imine (C=N–C) groups is 1. The number of ether oxygens (including phenoxy) is 1. The van der Waals surface area contributed by atoms with Crippen LogP contribution in [0.4, 0.5) is 0 Å². The highest BCUT2D eigenvalue weighted by molar-refractivity contribution is 14.0. The van der Waals surface area contributed by atoms with Gasteiger partial charge in [-0.15, -0.1) is 24.0 Å². The van der Waals surface area contributed by atoms with Gasteiger partial charge >= 0.3 is 0 Å². The molecule has 0 radical (unpaired) electrons. The van der Waals surface area contributed by atoms with Crippen LogP contribution in [0, 0.1) is 13.8 Å².